The number of carbonyl (C=O) groups excluding carboxylic acids is 1. The van der Waals surface area contributed by atoms with Crippen molar-refractivity contribution >= 4 is 33.2 Å². The fraction of sp³-hybridized carbons (Fsp3) is 0.190. The van der Waals surface area contributed by atoms with Gasteiger partial charge in [-0.1, -0.05) is 11.6 Å². The molecule has 0 atom stereocenters. The van der Waals surface area contributed by atoms with E-state index in [2.05, 4.69) is 10.0 Å². The average molecular weight is 433 g/mol. The lowest BCUT2D eigenvalue weighted by Gasteiger charge is -2.12. The first-order chi connectivity index (χ1) is 13.8. The Hall–Kier alpha value is -2.77. The summed E-state index contributed by atoms with van der Waals surface area (Å²) in [6.07, 6.45) is 3.13. The first kappa shape index (κ1) is 21.0. The Morgan fingerprint density at radius 1 is 1.10 bits per heavy atom. The molecule has 1 aromatic heterocycles. The third kappa shape index (κ3) is 5.62. The minimum absolute atomic E-state index is 0.111. The number of anilines is 1. The lowest BCUT2D eigenvalue weighted by molar-refractivity contribution is 0.0953. The second-order valence-electron chi connectivity index (χ2n) is 6.53. The van der Waals surface area contributed by atoms with Gasteiger partial charge in [0.1, 0.15) is 5.76 Å². The van der Waals surface area contributed by atoms with Crippen LogP contribution in [0.3, 0.4) is 0 Å². The number of furan rings is 1. The molecule has 3 aromatic rings. The SMILES string of the molecule is Cc1cc(C(=O)NCCCc2ccco2)ccc1NS(=O)(=O)c1ccc(Cl)cc1. The van der Waals surface area contributed by atoms with Gasteiger partial charge >= 0.3 is 0 Å². The topological polar surface area (TPSA) is 88.4 Å². The molecular weight excluding hydrogens is 412 g/mol. The van der Waals surface area contributed by atoms with Crippen molar-refractivity contribution < 1.29 is 17.6 Å². The van der Waals surface area contributed by atoms with Crippen molar-refractivity contribution in [2.45, 2.75) is 24.7 Å². The van der Waals surface area contributed by atoms with Gasteiger partial charge in [0.2, 0.25) is 0 Å². The summed E-state index contributed by atoms with van der Waals surface area (Å²) in [5, 5.41) is 3.31. The van der Waals surface area contributed by atoms with E-state index in [-0.39, 0.29) is 10.8 Å². The van der Waals surface area contributed by atoms with Crippen molar-refractivity contribution in [1.29, 1.82) is 0 Å². The van der Waals surface area contributed by atoms with Gasteiger partial charge in [0.05, 0.1) is 16.8 Å². The van der Waals surface area contributed by atoms with Crippen LogP contribution in [-0.4, -0.2) is 20.9 Å². The second-order valence-corrected chi connectivity index (χ2v) is 8.65. The maximum absolute atomic E-state index is 12.5. The van der Waals surface area contributed by atoms with Gasteiger partial charge in [-0.2, -0.15) is 0 Å². The van der Waals surface area contributed by atoms with Crippen molar-refractivity contribution in [3.05, 3.63) is 82.8 Å². The van der Waals surface area contributed by atoms with E-state index < -0.39 is 10.0 Å². The largest absolute Gasteiger partial charge is 0.469 e. The van der Waals surface area contributed by atoms with Gasteiger partial charge in [-0.05, 0) is 73.5 Å². The molecule has 152 valence electrons. The van der Waals surface area contributed by atoms with Gasteiger partial charge in [0.25, 0.3) is 15.9 Å². The van der Waals surface area contributed by atoms with Gasteiger partial charge in [-0.3, -0.25) is 9.52 Å². The molecule has 29 heavy (non-hydrogen) atoms. The summed E-state index contributed by atoms with van der Waals surface area (Å²) >= 11 is 5.81. The molecule has 8 heteroatoms. The van der Waals surface area contributed by atoms with Crippen molar-refractivity contribution in [2.75, 3.05) is 11.3 Å². The Balaban J connectivity index is 1.60. The zero-order valence-electron chi connectivity index (χ0n) is 15.8. The first-order valence-corrected chi connectivity index (χ1v) is 10.9. The van der Waals surface area contributed by atoms with Crippen LogP contribution in [0.15, 0.2) is 70.2 Å². The Kier molecular flexibility index (Phi) is 6.61. The van der Waals surface area contributed by atoms with E-state index in [4.69, 9.17) is 16.0 Å². The summed E-state index contributed by atoms with van der Waals surface area (Å²) < 4.78 is 32.8. The third-order valence-corrected chi connectivity index (χ3v) is 5.96. The van der Waals surface area contributed by atoms with Crippen molar-refractivity contribution in [1.82, 2.24) is 5.32 Å². The normalized spacial score (nSPS) is 11.2. The number of halogens is 1. The van der Waals surface area contributed by atoms with Crippen molar-refractivity contribution in [3.63, 3.8) is 0 Å². The molecule has 0 unspecified atom stereocenters. The molecule has 0 fully saturated rings. The number of rotatable bonds is 8. The number of benzene rings is 2. The number of nitrogens with one attached hydrogen (secondary N) is 2. The molecule has 0 saturated heterocycles. The highest BCUT2D eigenvalue weighted by atomic mass is 35.5. The molecule has 6 nitrogen and oxygen atoms in total. The summed E-state index contributed by atoms with van der Waals surface area (Å²) in [5.41, 5.74) is 1.52. The van der Waals surface area contributed by atoms with Crippen molar-refractivity contribution in [2.24, 2.45) is 0 Å². The third-order valence-electron chi connectivity index (χ3n) is 4.32. The Labute approximate surface area is 174 Å². The molecule has 0 aliphatic rings. The number of sulfonamides is 1. The van der Waals surface area contributed by atoms with Gasteiger partial charge in [-0.25, -0.2) is 8.42 Å². The highest BCUT2D eigenvalue weighted by Crippen LogP contribution is 2.22. The maximum atomic E-state index is 12.5. The van der Waals surface area contributed by atoms with Crippen LogP contribution in [-0.2, 0) is 16.4 Å². The molecule has 0 radical (unpaired) electrons. The monoisotopic (exact) mass is 432 g/mol. The Morgan fingerprint density at radius 3 is 2.52 bits per heavy atom. The Bertz CT molecular complexity index is 1080. The number of aryl methyl sites for hydroxylation is 2. The number of carbonyl (C=O) groups is 1. The van der Waals surface area contributed by atoms with E-state index in [1.54, 1.807) is 31.4 Å². The highest BCUT2D eigenvalue weighted by molar-refractivity contribution is 7.92. The standard InChI is InChI=1S/C21H21ClN2O4S/c1-15-14-16(21(25)23-12-2-4-18-5-3-13-28-18)6-11-20(15)24-29(26,27)19-9-7-17(22)8-10-19/h3,5-11,13-14,24H,2,4,12H2,1H3,(H,23,25). The summed E-state index contributed by atoms with van der Waals surface area (Å²) in [6, 6.07) is 14.5. The van der Waals surface area contributed by atoms with Gasteiger partial charge in [-0.15, -0.1) is 0 Å². The van der Waals surface area contributed by atoms with Crippen molar-refractivity contribution in [3.8, 4) is 0 Å². The minimum atomic E-state index is -3.74. The molecule has 3 rings (SSSR count). The molecule has 0 spiro atoms. The zero-order valence-corrected chi connectivity index (χ0v) is 17.4. The second kappa shape index (κ2) is 9.15. The molecule has 0 saturated carbocycles. The average Bonchev–Trinajstić information content (AvgIpc) is 3.20. The van der Waals surface area contributed by atoms with Crippen LogP contribution in [0.25, 0.3) is 0 Å². The van der Waals surface area contributed by atoms with Gasteiger partial charge < -0.3 is 9.73 Å². The summed E-state index contributed by atoms with van der Waals surface area (Å²) in [6.45, 7) is 2.26. The molecule has 0 bridgehead atoms. The van der Waals surface area contributed by atoms with E-state index in [0.29, 0.717) is 28.4 Å². The van der Waals surface area contributed by atoms with Gasteiger partial charge in [0, 0.05) is 23.6 Å². The summed E-state index contributed by atoms with van der Waals surface area (Å²) in [4.78, 5) is 12.4. The van der Waals surface area contributed by atoms with Crippen LogP contribution >= 0.6 is 11.6 Å². The molecule has 0 aliphatic heterocycles. The van der Waals surface area contributed by atoms with Crippen LogP contribution in [0.1, 0.15) is 28.1 Å². The molecule has 0 aliphatic carbocycles. The van der Waals surface area contributed by atoms with Crippen LogP contribution < -0.4 is 10.0 Å². The molecule has 1 heterocycles. The van der Waals surface area contributed by atoms with Gasteiger partial charge in [0.15, 0.2) is 0 Å². The predicted molar refractivity (Wildman–Crippen MR) is 113 cm³/mol. The quantitative estimate of drug-likeness (QED) is 0.516. The number of hydrogen-bond acceptors (Lipinski definition) is 4. The van der Waals surface area contributed by atoms with E-state index in [1.807, 2.05) is 12.1 Å². The summed E-state index contributed by atoms with van der Waals surface area (Å²) in [5.74, 6) is 0.673. The number of amides is 1. The molecule has 1 amide bonds. The fourth-order valence-corrected chi connectivity index (χ4v) is 4.02. The number of hydrogen-bond donors (Lipinski definition) is 2. The maximum Gasteiger partial charge on any atom is 0.261 e. The summed E-state index contributed by atoms with van der Waals surface area (Å²) in [7, 11) is -3.74. The van der Waals surface area contributed by atoms with E-state index in [1.165, 1.54) is 24.3 Å². The van der Waals surface area contributed by atoms with Crippen LogP contribution in [0.4, 0.5) is 5.69 Å². The Morgan fingerprint density at radius 2 is 1.86 bits per heavy atom. The minimum Gasteiger partial charge on any atom is -0.469 e. The fourth-order valence-electron chi connectivity index (χ4n) is 2.76. The highest BCUT2D eigenvalue weighted by Gasteiger charge is 2.16. The predicted octanol–water partition coefficient (Wildman–Crippen LogP) is 4.40. The molecular formula is C21H21ClN2O4S. The smallest absolute Gasteiger partial charge is 0.261 e. The lowest BCUT2D eigenvalue weighted by atomic mass is 10.1. The molecule has 2 N–H and O–H groups in total. The van der Waals surface area contributed by atoms with Crippen LogP contribution in [0, 0.1) is 6.92 Å². The van der Waals surface area contributed by atoms with Crippen LogP contribution in [0.2, 0.25) is 5.02 Å². The zero-order chi connectivity index (χ0) is 20.9. The molecule has 2 aromatic carbocycles. The van der Waals surface area contributed by atoms with E-state index in [0.717, 1.165) is 18.6 Å². The lowest BCUT2D eigenvalue weighted by Crippen LogP contribution is -2.25. The van der Waals surface area contributed by atoms with Crippen LogP contribution in [0.5, 0.6) is 0 Å². The van der Waals surface area contributed by atoms with E-state index >= 15 is 0 Å². The first-order valence-electron chi connectivity index (χ1n) is 9.05. The van der Waals surface area contributed by atoms with E-state index in [9.17, 15) is 13.2 Å².